The fourth-order valence-corrected chi connectivity index (χ4v) is 5.60. The zero-order valence-corrected chi connectivity index (χ0v) is 25.2. The summed E-state index contributed by atoms with van der Waals surface area (Å²) in [7, 11) is 1.24. The molecule has 4 aromatic rings. The summed E-state index contributed by atoms with van der Waals surface area (Å²) in [6.45, 7) is 8.47. The Bertz CT molecular complexity index is 1610. The van der Waals surface area contributed by atoms with Crippen molar-refractivity contribution in [2.45, 2.75) is 0 Å². The van der Waals surface area contributed by atoms with E-state index in [1.807, 2.05) is 38.4 Å². The van der Waals surface area contributed by atoms with Crippen LogP contribution in [0.3, 0.4) is 0 Å². The molecule has 0 bridgehead atoms. The molecule has 208 valence electrons. The van der Waals surface area contributed by atoms with E-state index in [2.05, 4.69) is 68.6 Å². The molecule has 40 heavy (non-hydrogen) atoms. The van der Waals surface area contributed by atoms with E-state index in [-0.39, 0.29) is 5.91 Å². The molecular formula is C27H31BrN9O2P. The Balaban J connectivity index is 1.63. The number of rotatable bonds is 11. The van der Waals surface area contributed by atoms with Gasteiger partial charge in [0, 0.05) is 37.4 Å². The topological polar surface area (TPSA) is 137 Å². The third-order valence-corrected chi connectivity index (χ3v) is 7.85. The predicted octanol–water partition coefficient (Wildman–Crippen LogP) is 5.02. The van der Waals surface area contributed by atoms with Gasteiger partial charge in [0.05, 0.1) is 32.4 Å². The maximum absolute atomic E-state index is 13.3. The molecule has 0 aliphatic heterocycles. The first-order valence-electron chi connectivity index (χ1n) is 12.4. The number of hydrogen-bond donors (Lipinski definition) is 4. The van der Waals surface area contributed by atoms with Crippen LogP contribution in [0.5, 0.6) is 0 Å². The number of halogens is 1. The van der Waals surface area contributed by atoms with Gasteiger partial charge in [0.15, 0.2) is 0 Å². The molecule has 0 radical (unpaired) electrons. The number of carbonyl (C=O) groups excluding carboxylic acids is 1. The highest BCUT2D eigenvalue weighted by Crippen LogP contribution is 2.41. The number of hydrogen-bond acceptors (Lipinski definition) is 10. The predicted molar refractivity (Wildman–Crippen MR) is 167 cm³/mol. The number of aromatic nitrogens is 4. The van der Waals surface area contributed by atoms with Crippen LogP contribution in [-0.2, 0) is 9.36 Å². The molecule has 4 rings (SSSR count). The van der Waals surface area contributed by atoms with Crippen molar-refractivity contribution in [1.29, 1.82) is 0 Å². The standard InChI is InChI=1S/C27H31BrN9O2P/c1-6-23(38)34-22-15-17(7-8-19(22)30-13-14-37(2)3)33-27-32-16-18(28)26(36-27)35-21-10-9-20-24(31-12-11-29-20)25(21)40(4,5)39/h6-12,15-16,30H,1,13-14H2,2-5H3,(H,34,38)(H2,32,33,35,36). The molecule has 0 aliphatic carbocycles. The lowest BCUT2D eigenvalue weighted by atomic mass is 10.2. The van der Waals surface area contributed by atoms with Gasteiger partial charge in [-0.3, -0.25) is 14.8 Å². The number of nitrogens with one attached hydrogen (secondary N) is 4. The maximum Gasteiger partial charge on any atom is 0.247 e. The van der Waals surface area contributed by atoms with Crippen LogP contribution in [0.4, 0.5) is 34.5 Å². The molecule has 2 heterocycles. The Morgan fingerprint density at radius 2 is 1.80 bits per heavy atom. The summed E-state index contributed by atoms with van der Waals surface area (Å²) < 4.78 is 13.9. The summed E-state index contributed by atoms with van der Waals surface area (Å²) in [6.07, 6.45) is 6.03. The Morgan fingerprint density at radius 3 is 2.52 bits per heavy atom. The minimum atomic E-state index is -2.75. The van der Waals surface area contributed by atoms with Gasteiger partial charge in [0.2, 0.25) is 11.9 Å². The molecule has 4 N–H and O–H groups in total. The highest BCUT2D eigenvalue weighted by Gasteiger charge is 2.22. The SMILES string of the molecule is C=CC(=O)Nc1cc(Nc2ncc(Br)c(Nc3ccc4nccnc4c3P(C)(C)=O)n2)ccc1NCCN(C)C. The quantitative estimate of drug-likeness (QED) is 0.133. The summed E-state index contributed by atoms with van der Waals surface area (Å²) in [6, 6.07) is 9.18. The fourth-order valence-electron chi connectivity index (χ4n) is 3.92. The van der Waals surface area contributed by atoms with E-state index in [1.54, 1.807) is 38.0 Å². The monoisotopic (exact) mass is 623 g/mol. The van der Waals surface area contributed by atoms with Crippen LogP contribution in [0, 0.1) is 0 Å². The summed E-state index contributed by atoms with van der Waals surface area (Å²) in [5.74, 6) is 0.468. The van der Waals surface area contributed by atoms with Crippen molar-refractivity contribution in [3.8, 4) is 0 Å². The molecule has 1 amide bonds. The van der Waals surface area contributed by atoms with Crippen LogP contribution in [0.1, 0.15) is 0 Å². The van der Waals surface area contributed by atoms with Crippen molar-refractivity contribution < 1.29 is 9.36 Å². The number of likely N-dealkylation sites (N-methyl/N-ethyl adjacent to an activating group) is 1. The first-order chi connectivity index (χ1) is 19.0. The summed E-state index contributed by atoms with van der Waals surface area (Å²) in [5.41, 5.74) is 3.89. The normalized spacial score (nSPS) is 11.3. The largest absolute Gasteiger partial charge is 0.382 e. The lowest BCUT2D eigenvalue weighted by molar-refractivity contribution is -0.111. The van der Waals surface area contributed by atoms with Gasteiger partial charge in [-0.2, -0.15) is 4.98 Å². The van der Waals surface area contributed by atoms with Crippen molar-refractivity contribution in [2.24, 2.45) is 0 Å². The molecule has 13 heteroatoms. The Labute approximate surface area is 241 Å². The second kappa shape index (κ2) is 12.5. The number of anilines is 6. The van der Waals surface area contributed by atoms with Gasteiger partial charge in [0.25, 0.3) is 0 Å². The Morgan fingerprint density at radius 1 is 1.05 bits per heavy atom. The minimum absolute atomic E-state index is 0.318. The molecule has 11 nitrogen and oxygen atoms in total. The van der Waals surface area contributed by atoms with Crippen molar-refractivity contribution in [3.05, 3.63) is 66.1 Å². The van der Waals surface area contributed by atoms with Crippen LogP contribution in [0.2, 0.25) is 0 Å². The number of nitrogens with zero attached hydrogens (tertiary/aromatic N) is 5. The van der Waals surface area contributed by atoms with Crippen molar-refractivity contribution in [1.82, 2.24) is 24.8 Å². The lowest BCUT2D eigenvalue weighted by Crippen LogP contribution is -2.21. The van der Waals surface area contributed by atoms with E-state index in [4.69, 9.17) is 0 Å². The van der Waals surface area contributed by atoms with Gasteiger partial charge in [-0.1, -0.05) is 6.58 Å². The highest BCUT2D eigenvalue weighted by atomic mass is 79.9. The van der Waals surface area contributed by atoms with E-state index in [1.165, 1.54) is 6.08 Å². The Hall–Kier alpha value is -3.86. The average molecular weight is 624 g/mol. The molecule has 0 aliphatic rings. The number of fused-ring (bicyclic) bond motifs is 1. The van der Waals surface area contributed by atoms with Gasteiger partial charge in [-0.25, -0.2) is 4.98 Å². The zero-order valence-electron chi connectivity index (χ0n) is 22.7. The fraction of sp³-hybridized carbons (Fsp3) is 0.222. The summed E-state index contributed by atoms with van der Waals surface area (Å²) >= 11 is 3.51. The lowest BCUT2D eigenvalue weighted by Gasteiger charge is -2.18. The number of benzene rings is 2. The summed E-state index contributed by atoms with van der Waals surface area (Å²) in [5, 5.41) is 13.3. The second-order valence-electron chi connectivity index (χ2n) is 9.56. The number of carbonyl (C=O) groups is 1. The molecule has 0 saturated carbocycles. The molecule has 0 spiro atoms. The van der Waals surface area contributed by atoms with Crippen LogP contribution in [0.25, 0.3) is 11.0 Å². The first-order valence-corrected chi connectivity index (χ1v) is 15.8. The summed E-state index contributed by atoms with van der Waals surface area (Å²) in [4.78, 5) is 31.9. The van der Waals surface area contributed by atoms with Crippen molar-refractivity contribution in [2.75, 3.05) is 61.8 Å². The maximum atomic E-state index is 13.3. The average Bonchev–Trinajstić information content (AvgIpc) is 2.90. The van der Waals surface area contributed by atoms with Crippen LogP contribution >= 0.6 is 23.1 Å². The third-order valence-electron chi connectivity index (χ3n) is 5.74. The van der Waals surface area contributed by atoms with Crippen molar-refractivity contribution in [3.63, 3.8) is 0 Å². The molecule has 0 saturated heterocycles. The van der Waals surface area contributed by atoms with Crippen LogP contribution < -0.4 is 26.6 Å². The molecule has 2 aromatic heterocycles. The van der Waals surface area contributed by atoms with Gasteiger partial charge in [-0.15, -0.1) is 0 Å². The zero-order chi connectivity index (χ0) is 28.9. The minimum Gasteiger partial charge on any atom is -0.382 e. The van der Waals surface area contributed by atoms with E-state index in [0.29, 0.717) is 56.2 Å². The van der Waals surface area contributed by atoms with E-state index in [9.17, 15) is 9.36 Å². The third kappa shape index (κ3) is 7.20. The van der Waals surface area contributed by atoms with Crippen LogP contribution in [0.15, 0.2) is 66.1 Å². The first kappa shape index (κ1) is 29.1. The van der Waals surface area contributed by atoms with Gasteiger partial charge in [0.1, 0.15) is 18.5 Å². The molecule has 0 unspecified atom stereocenters. The van der Waals surface area contributed by atoms with E-state index in [0.717, 1.165) is 12.2 Å². The molecule has 2 aromatic carbocycles. The van der Waals surface area contributed by atoms with Crippen LogP contribution in [-0.4, -0.2) is 71.3 Å². The van der Waals surface area contributed by atoms with Gasteiger partial charge < -0.3 is 30.7 Å². The molecular weight excluding hydrogens is 593 g/mol. The van der Waals surface area contributed by atoms with E-state index >= 15 is 0 Å². The molecule has 0 atom stereocenters. The number of amides is 1. The van der Waals surface area contributed by atoms with Gasteiger partial charge >= 0.3 is 0 Å². The smallest absolute Gasteiger partial charge is 0.247 e. The van der Waals surface area contributed by atoms with Gasteiger partial charge in [-0.05, 0) is 79.8 Å². The molecule has 0 fully saturated rings. The Kier molecular flexibility index (Phi) is 9.14. The highest BCUT2D eigenvalue weighted by molar-refractivity contribution is 9.10. The second-order valence-corrected chi connectivity index (χ2v) is 13.6. The van der Waals surface area contributed by atoms with E-state index < -0.39 is 7.14 Å². The van der Waals surface area contributed by atoms with Crippen molar-refractivity contribution >= 4 is 79.8 Å².